The summed E-state index contributed by atoms with van der Waals surface area (Å²) in [6.45, 7) is 4.10. The van der Waals surface area contributed by atoms with Crippen LogP contribution in [0.2, 0.25) is 10.0 Å². The van der Waals surface area contributed by atoms with Gasteiger partial charge in [-0.3, -0.25) is 4.79 Å². The Morgan fingerprint density at radius 1 is 1.21 bits per heavy atom. The number of nitrogens with zero attached hydrogens (tertiary/aromatic N) is 1. The lowest BCUT2D eigenvalue weighted by molar-refractivity contribution is 0.0863. The molecule has 0 saturated carbocycles. The standard InChI is InChI=1S/C19H15Cl2NO2/c1-19(2)8-13-7-14(16(20)17(21)15(13)18(19)23)24-10-12-5-3-11(9-22)4-6-12/h3-7H,8,10H2,1-2H3. The maximum Gasteiger partial charge on any atom is 0.170 e. The summed E-state index contributed by atoms with van der Waals surface area (Å²) in [6.07, 6.45) is 0.616. The van der Waals surface area contributed by atoms with E-state index in [4.69, 9.17) is 33.2 Å². The number of ether oxygens (including phenoxy) is 1. The zero-order valence-electron chi connectivity index (χ0n) is 13.3. The van der Waals surface area contributed by atoms with E-state index >= 15 is 0 Å². The number of hydrogen-bond donors (Lipinski definition) is 0. The van der Waals surface area contributed by atoms with Gasteiger partial charge in [0.2, 0.25) is 0 Å². The molecular weight excluding hydrogens is 345 g/mol. The fraction of sp³-hybridized carbons (Fsp3) is 0.263. The Balaban J connectivity index is 1.86. The molecule has 0 saturated heterocycles. The van der Waals surface area contributed by atoms with Crippen molar-refractivity contribution in [2.24, 2.45) is 5.41 Å². The first kappa shape index (κ1) is 16.8. The minimum absolute atomic E-state index is 0.0167. The van der Waals surface area contributed by atoms with Gasteiger partial charge < -0.3 is 4.74 Å². The van der Waals surface area contributed by atoms with E-state index in [0.717, 1.165) is 11.1 Å². The minimum Gasteiger partial charge on any atom is -0.487 e. The first-order valence-electron chi connectivity index (χ1n) is 7.51. The summed E-state index contributed by atoms with van der Waals surface area (Å²) >= 11 is 12.6. The van der Waals surface area contributed by atoms with Crippen LogP contribution in [0, 0.1) is 16.7 Å². The molecule has 3 rings (SSSR count). The quantitative estimate of drug-likeness (QED) is 0.755. The van der Waals surface area contributed by atoms with E-state index < -0.39 is 5.41 Å². The van der Waals surface area contributed by atoms with Crippen molar-refractivity contribution in [3.8, 4) is 11.8 Å². The number of carbonyl (C=O) groups is 1. The van der Waals surface area contributed by atoms with Gasteiger partial charge in [-0.1, -0.05) is 49.2 Å². The highest BCUT2D eigenvalue weighted by Gasteiger charge is 2.40. The van der Waals surface area contributed by atoms with Crippen LogP contribution in [-0.2, 0) is 13.0 Å². The molecule has 0 fully saturated rings. The average Bonchev–Trinajstić information content (AvgIpc) is 2.79. The molecule has 0 spiro atoms. The van der Waals surface area contributed by atoms with Crippen molar-refractivity contribution in [3.63, 3.8) is 0 Å². The molecule has 3 nitrogen and oxygen atoms in total. The number of Topliss-reactive ketones (excluding diaryl/α,β-unsaturated/α-hetero) is 1. The summed E-state index contributed by atoms with van der Waals surface area (Å²) < 4.78 is 5.80. The molecule has 0 unspecified atom stereocenters. The van der Waals surface area contributed by atoms with Crippen LogP contribution >= 0.6 is 23.2 Å². The van der Waals surface area contributed by atoms with E-state index in [1.54, 1.807) is 18.2 Å². The molecule has 0 radical (unpaired) electrons. The van der Waals surface area contributed by atoms with Gasteiger partial charge in [0.15, 0.2) is 5.78 Å². The second kappa shape index (κ2) is 6.12. The second-order valence-electron chi connectivity index (χ2n) is 6.52. The molecule has 2 aromatic carbocycles. The first-order chi connectivity index (χ1) is 11.3. The van der Waals surface area contributed by atoms with Gasteiger partial charge in [-0.25, -0.2) is 0 Å². The predicted octanol–water partition coefficient (Wildman–Crippen LogP) is 5.21. The lowest BCUT2D eigenvalue weighted by Gasteiger charge is -2.13. The zero-order valence-corrected chi connectivity index (χ0v) is 14.8. The molecule has 0 atom stereocenters. The van der Waals surface area contributed by atoms with Gasteiger partial charge in [-0.05, 0) is 35.7 Å². The molecule has 122 valence electrons. The van der Waals surface area contributed by atoms with Crippen LogP contribution in [0.15, 0.2) is 30.3 Å². The van der Waals surface area contributed by atoms with Gasteiger partial charge in [0.1, 0.15) is 17.4 Å². The van der Waals surface area contributed by atoms with E-state index in [1.165, 1.54) is 0 Å². The Hall–Kier alpha value is -2.02. The van der Waals surface area contributed by atoms with E-state index in [0.29, 0.717) is 29.9 Å². The fourth-order valence-electron chi connectivity index (χ4n) is 2.87. The molecule has 0 amide bonds. The third kappa shape index (κ3) is 2.88. The maximum absolute atomic E-state index is 12.4. The Kier molecular flexibility index (Phi) is 4.29. The summed E-state index contributed by atoms with van der Waals surface area (Å²) in [5, 5.41) is 9.34. The smallest absolute Gasteiger partial charge is 0.170 e. The monoisotopic (exact) mass is 359 g/mol. The number of halogens is 2. The largest absolute Gasteiger partial charge is 0.487 e. The minimum atomic E-state index is -0.471. The lowest BCUT2D eigenvalue weighted by atomic mass is 9.89. The van der Waals surface area contributed by atoms with Crippen LogP contribution in [0.25, 0.3) is 0 Å². The number of ketones is 1. The van der Waals surface area contributed by atoms with Crippen molar-refractivity contribution in [3.05, 3.63) is 62.6 Å². The Bertz CT molecular complexity index is 864. The molecule has 0 aromatic heterocycles. The normalized spacial score (nSPS) is 15.0. The van der Waals surface area contributed by atoms with Crippen molar-refractivity contribution < 1.29 is 9.53 Å². The molecule has 0 heterocycles. The van der Waals surface area contributed by atoms with Gasteiger partial charge in [0.25, 0.3) is 0 Å². The van der Waals surface area contributed by atoms with Crippen molar-refractivity contribution >= 4 is 29.0 Å². The number of carbonyl (C=O) groups excluding carboxylic acids is 1. The van der Waals surface area contributed by atoms with Crippen LogP contribution in [0.5, 0.6) is 5.75 Å². The highest BCUT2D eigenvalue weighted by molar-refractivity contribution is 6.45. The highest BCUT2D eigenvalue weighted by Crippen LogP contribution is 2.46. The summed E-state index contributed by atoms with van der Waals surface area (Å²) in [7, 11) is 0. The SMILES string of the molecule is CC1(C)Cc2cc(OCc3ccc(C#N)cc3)c(Cl)c(Cl)c2C1=O. The van der Waals surface area contributed by atoms with Crippen LogP contribution in [-0.4, -0.2) is 5.78 Å². The van der Waals surface area contributed by atoms with Gasteiger partial charge in [0, 0.05) is 11.0 Å². The summed E-state index contributed by atoms with van der Waals surface area (Å²) in [6, 6.07) is 11.0. The fourth-order valence-corrected chi connectivity index (χ4v) is 3.38. The third-order valence-corrected chi connectivity index (χ3v) is 5.06. The number of nitriles is 1. The van der Waals surface area contributed by atoms with E-state index in [-0.39, 0.29) is 15.8 Å². The molecule has 1 aliphatic rings. The molecule has 0 aliphatic heterocycles. The van der Waals surface area contributed by atoms with Crippen LogP contribution in [0.3, 0.4) is 0 Å². The highest BCUT2D eigenvalue weighted by atomic mass is 35.5. The number of rotatable bonds is 3. The van der Waals surface area contributed by atoms with Gasteiger partial charge in [0.05, 0.1) is 16.7 Å². The van der Waals surface area contributed by atoms with Crippen molar-refractivity contribution in [2.45, 2.75) is 26.9 Å². The molecule has 1 aliphatic carbocycles. The third-order valence-electron chi connectivity index (χ3n) is 4.21. The van der Waals surface area contributed by atoms with Crippen molar-refractivity contribution in [1.29, 1.82) is 5.26 Å². The number of benzene rings is 2. The predicted molar refractivity (Wildman–Crippen MR) is 93.8 cm³/mol. The molecule has 0 bridgehead atoms. The van der Waals surface area contributed by atoms with Gasteiger partial charge in [-0.15, -0.1) is 0 Å². The van der Waals surface area contributed by atoms with E-state index in [2.05, 4.69) is 6.07 Å². The molecule has 5 heteroatoms. The number of fused-ring (bicyclic) bond motifs is 1. The maximum atomic E-state index is 12.4. The molecule has 2 aromatic rings. The first-order valence-corrected chi connectivity index (χ1v) is 8.26. The molecule has 24 heavy (non-hydrogen) atoms. The summed E-state index contributed by atoms with van der Waals surface area (Å²) in [4.78, 5) is 12.4. The summed E-state index contributed by atoms with van der Waals surface area (Å²) in [5.41, 5.74) is 2.42. The molecule has 0 N–H and O–H groups in total. The lowest BCUT2D eigenvalue weighted by Crippen LogP contribution is -2.19. The second-order valence-corrected chi connectivity index (χ2v) is 7.28. The zero-order chi connectivity index (χ0) is 17.5. The van der Waals surface area contributed by atoms with E-state index in [9.17, 15) is 4.79 Å². The number of hydrogen-bond acceptors (Lipinski definition) is 3. The van der Waals surface area contributed by atoms with Crippen LogP contribution in [0.4, 0.5) is 0 Å². The van der Waals surface area contributed by atoms with Crippen molar-refractivity contribution in [2.75, 3.05) is 0 Å². The van der Waals surface area contributed by atoms with Crippen LogP contribution < -0.4 is 4.74 Å². The average molecular weight is 360 g/mol. The van der Waals surface area contributed by atoms with Gasteiger partial charge >= 0.3 is 0 Å². The molecular formula is C19H15Cl2NO2. The Morgan fingerprint density at radius 3 is 2.50 bits per heavy atom. The van der Waals surface area contributed by atoms with Gasteiger partial charge in [-0.2, -0.15) is 5.26 Å². The Morgan fingerprint density at radius 2 is 1.88 bits per heavy atom. The van der Waals surface area contributed by atoms with E-state index in [1.807, 2.05) is 26.0 Å². The Labute approximate surface area is 150 Å². The van der Waals surface area contributed by atoms with Crippen molar-refractivity contribution in [1.82, 2.24) is 0 Å². The topological polar surface area (TPSA) is 50.1 Å². The van der Waals surface area contributed by atoms with Crippen LogP contribution in [0.1, 0.15) is 40.9 Å². The summed E-state index contributed by atoms with van der Waals surface area (Å²) in [5.74, 6) is 0.485.